The lowest BCUT2D eigenvalue weighted by Gasteiger charge is -2.19. The maximum atomic E-state index is 5.35. The number of H-pyrrole nitrogens is 1. The molecule has 0 unspecified atom stereocenters. The van der Waals surface area contributed by atoms with E-state index in [2.05, 4.69) is 33.3 Å². The molecule has 1 aromatic carbocycles. The number of benzene rings is 1. The second-order valence-electron chi connectivity index (χ2n) is 5.20. The van der Waals surface area contributed by atoms with Crippen molar-refractivity contribution in [3.63, 3.8) is 0 Å². The van der Waals surface area contributed by atoms with Gasteiger partial charge in [0.2, 0.25) is 0 Å². The molecule has 3 rings (SSSR count). The summed E-state index contributed by atoms with van der Waals surface area (Å²) >= 11 is 0. The van der Waals surface area contributed by atoms with Crippen LogP contribution in [0.25, 0.3) is 5.69 Å². The molecule has 2 aromatic heterocycles. The molecule has 0 aliphatic carbocycles. The van der Waals surface area contributed by atoms with Gasteiger partial charge in [-0.25, -0.2) is 4.68 Å². The number of nitrogens with one attached hydrogen (secondary N) is 1. The molecule has 0 atom stereocenters. The average molecular weight is 297 g/mol. The SMILES string of the molecule is COc1ccc(-n2cccn2)c(CN(C)Cc2ccn[nH]2)c1. The van der Waals surface area contributed by atoms with E-state index in [9.17, 15) is 0 Å². The normalized spacial score (nSPS) is 11.0. The first-order chi connectivity index (χ1) is 10.8. The van der Waals surface area contributed by atoms with E-state index in [0.29, 0.717) is 0 Å². The van der Waals surface area contributed by atoms with Crippen LogP contribution in [0.5, 0.6) is 5.75 Å². The largest absolute Gasteiger partial charge is 0.497 e. The molecule has 0 saturated carbocycles. The molecule has 0 aliphatic rings. The van der Waals surface area contributed by atoms with Gasteiger partial charge in [-0.15, -0.1) is 0 Å². The smallest absolute Gasteiger partial charge is 0.119 e. The van der Waals surface area contributed by atoms with Crippen LogP contribution in [0.3, 0.4) is 0 Å². The molecule has 2 heterocycles. The van der Waals surface area contributed by atoms with Gasteiger partial charge in [-0.1, -0.05) is 0 Å². The molecule has 0 saturated heterocycles. The molecular weight excluding hydrogens is 278 g/mol. The van der Waals surface area contributed by atoms with E-state index in [4.69, 9.17) is 4.74 Å². The first-order valence-corrected chi connectivity index (χ1v) is 7.10. The number of nitrogens with zero attached hydrogens (tertiary/aromatic N) is 4. The van der Waals surface area contributed by atoms with Crippen molar-refractivity contribution in [2.24, 2.45) is 0 Å². The van der Waals surface area contributed by atoms with E-state index in [1.165, 1.54) is 0 Å². The van der Waals surface area contributed by atoms with Crippen molar-refractivity contribution in [1.82, 2.24) is 24.9 Å². The Bertz CT molecular complexity index is 706. The summed E-state index contributed by atoms with van der Waals surface area (Å²) in [6.45, 7) is 1.58. The van der Waals surface area contributed by atoms with Crippen molar-refractivity contribution in [2.75, 3.05) is 14.2 Å². The number of aromatic nitrogens is 4. The van der Waals surface area contributed by atoms with E-state index in [-0.39, 0.29) is 0 Å². The lowest BCUT2D eigenvalue weighted by atomic mass is 10.1. The van der Waals surface area contributed by atoms with Crippen molar-refractivity contribution in [3.05, 3.63) is 60.2 Å². The van der Waals surface area contributed by atoms with Crippen LogP contribution in [0.1, 0.15) is 11.3 Å². The van der Waals surface area contributed by atoms with E-state index in [0.717, 1.165) is 35.8 Å². The maximum Gasteiger partial charge on any atom is 0.119 e. The molecule has 0 spiro atoms. The van der Waals surface area contributed by atoms with Gasteiger partial charge < -0.3 is 4.74 Å². The van der Waals surface area contributed by atoms with Gasteiger partial charge in [-0.3, -0.25) is 10.00 Å². The highest BCUT2D eigenvalue weighted by atomic mass is 16.5. The van der Waals surface area contributed by atoms with Crippen LogP contribution in [-0.4, -0.2) is 39.0 Å². The number of hydrogen-bond donors (Lipinski definition) is 1. The van der Waals surface area contributed by atoms with E-state index < -0.39 is 0 Å². The minimum absolute atomic E-state index is 0.783. The van der Waals surface area contributed by atoms with Crippen molar-refractivity contribution in [3.8, 4) is 11.4 Å². The summed E-state index contributed by atoms with van der Waals surface area (Å²) in [5, 5.41) is 11.3. The van der Waals surface area contributed by atoms with E-state index in [1.807, 2.05) is 35.1 Å². The standard InChI is InChI=1S/C16H19N5O/c1-20(12-14-6-8-17-19-14)11-13-10-15(22-2)4-5-16(13)21-9-3-7-18-21/h3-10H,11-12H2,1-2H3,(H,17,19). The van der Waals surface area contributed by atoms with Gasteiger partial charge >= 0.3 is 0 Å². The number of hydrogen-bond acceptors (Lipinski definition) is 4. The number of ether oxygens (including phenoxy) is 1. The van der Waals surface area contributed by atoms with Crippen LogP contribution in [0.15, 0.2) is 48.9 Å². The summed E-state index contributed by atoms with van der Waals surface area (Å²) < 4.78 is 7.22. The van der Waals surface area contributed by atoms with Crippen LogP contribution in [0.4, 0.5) is 0 Å². The lowest BCUT2D eigenvalue weighted by molar-refractivity contribution is 0.313. The molecule has 0 bridgehead atoms. The summed E-state index contributed by atoms with van der Waals surface area (Å²) in [6, 6.07) is 9.94. The molecule has 0 fully saturated rings. The summed E-state index contributed by atoms with van der Waals surface area (Å²) in [4.78, 5) is 2.22. The van der Waals surface area contributed by atoms with Crippen molar-refractivity contribution in [1.29, 1.82) is 0 Å². The molecule has 6 heteroatoms. The predicted octanol–water partition coefficient (Wildman–Crippen LogP) is 2.24. The van der Waals surface area contributed by atoms with Gasteiger partial charge in [0.25, 0.3) is 0 Å². The van der Waals surface area contributed by atoms with E-state index in [1.54, 1.807) is 19.5 Å². The van der Waals surface area contributed by atoms with Gasteiger partial charge in [0.05, 0.1) is 12.8 Å². The maximum absolute atomic E-state index is 5.35. The van der Waals surface area contributed by atoms with Gasteiger partial charge in [0.1, 0.15) is 5.75 Å². The molecule has 22 heavy (non-hydrogen) atoms. The Kier molecular flexibility index (Phi) is 4.20. The van der Waals surface area contributed by atoms with Crippen molar-refractivity contribution >= 4 is 0 Å². The monoisotopic (exact) mass is 297 g/mol. The second-order valence-corrected chi connectivity index (χ2v) is 5.20. The molecule has 0 amide bonds. The molecule has 1 N–H and O–H groups in total. The van der Waals surface area contributed by atoms with Crippen LogP contribution in [0.2, 0.25) is 0 Å². The Labute approximate surface area is 129 Å². The number of rotatable bonds is 6. The number of aromatic amines is 1. The highest BCUT2D eigenvalue weighted by Crippen LogP contribution is 2.22. The zero-order valence-electron chi connectivity index (χ0n) is 12.7. The Morgan fingerprint density at radius 2 is 2.14 bits per heavy atom. The second kappa shape index (κ2) is 6.44. The fourth-order valence-corrected chi connectivity index (χ4v) is 2.46. The Morgan fingerprint density at radius 3 is 2.82 bits per heavy atom. The Hall–Kier alpha value is -2.60. The molecule has 6 nitrogen and oxygen atoms in total. The van der Waals surface area contributed by atoms with Crippen molar-refractivity contribution < 1.29 is 4.74 Å². The fraction of sp³-hybridized carbons (Fsp3) is 0.250. The quantitative estimate of drug-likeness (QED) is 0.758. The van der Waals surface area contributed by atoms with Crippen LogP contribution < -0.4 is 4.74 Å². The molecular formula is C16H19N5O. The third-order valence-electron chi connectivity index (χ3n) is 3.48. The van der Waals surface area contributed by atoms with Gasteiger partial charge in [0, 0.05) is 37.4 Å². The summed E-state index contributed by atoms with van der Waals surface area (Å²) in [5.41, 5.74) is 3.30. The van der Waals surface area contributed by atoms with Crippen LogP contribution >= 0.6 is 0 Å². The highest BCUT2D eigenvalue weighted by molar-refractivity contribution is 5.45. The third-order valence-corrected chi connectivity index (χ3v) is 3.48. The van der Waals surface area contributed by atoms with Gasteiger partial charge in [0.15, 0.2) is 0 Å². The van der Waals surface area contributed by atoms with E-state index >= 15 is 0 Å². The van der Waals surface area contributed by atoms with Crippen LogP contribution in [-0.2, 0) is 13.1 Å². The van der Waals surface area contributed by atoms with Gasteiger partial charge in [-0.05, 0) is 42.9 Å². The Morgan fingerprint density at radius 1 is 1.23 bits per heavy atom. The topological polar surface area (TPSA) is 59.0 Å². The zero-order valence-corrected chi connectivity index (χ0v) is 12.7. The summed E-state index contributed by atoms with van der Waals surface area (Å²) in [5.74, 6) is 0.848. The lowest BCUT2D eigenvalue weighted by Crippen LogP contribution is -2.19. The molecule has 0 radical (unpaired) electrons. The first-order valence-electron chi connectivity index (χ1n) is 7.10. The Balaban J connectivity index is 1.84. The summed E-state index contributed by atoms with van der Waals surface area (Å²) in [7, 11) is 3.76. The van der Waals surface area contributed by atoms with Crippen LogP contribution in [0, 0.1) is 0 Å². The highest BCUT2D eigenvalue weighted by Gasteiger charge is 2.10. The third kappa shape index (κ3) is 3.17. The van der Waals surface area contributed by atoms with Crippen molar-refractivity contribution in [2.45, 2.75) is 13.1 Å². The molecule has 3 aromatic rings. The average Bonchev–Trinajstić information content (AvgIpc) is 3.20. The first kappa shape index (κ1) is 14.3. The summed E-state index contributed by atoms with van der Waals surface area (Å²) in [6.07, 6.45) is 5.49. The van der Waals surface area contributed by atoms with Gasteiger partial charge in [-0.2, -0.15) is 10.2 Å². The molecule has 0 aliphatic heterocycles. The fourth-order valence-electron chi connectivity index (χ4n) is 2.46. The minimum Gasteiger partial charge on any atom is -0.497 e. The predicted molar refractivity (Wildman–Crippen MR) is 83.9 cm³/mol. The zero-order chi connectivity index (χ0) is 15.4. The number of methoxy groups -OCH3 is 1. The molecule has 114 valence electrons. The minimum atomic E-state index is 0.783.